The largest absolute Gasteiger partial charge is 0.369 e. The van der Waals surface area contributed by atoms with Crippen LogP contribution in [0, 0.1) is 31.4 Å². The Labute approximate surface area is 187 Å². The van der Waals surface area contributed by atoms with Crippen LogP contribution in [-0.4, -0.2) is 23.4 Å². The highest BCUT2D eigenvalue weighted by molar-refractivity contribution is 6.14. The number of hydrogen-bond donors (Lipinski definition) is 2. The fourth-order valence-electron chi connectivity index (χ4n) is 4.97. The van der Waals surface area contributed by atoms with Crippen LogP contribution in [0.15, 0.2) is 41.7 Å². The number of H-pyrrole nitrogens is 1. The average molecular weight is 435 g/mol. The van der Waals surface area contributed by atoms with Crippen molar-refractivity contribution in [1.29, 1.82) is 0 Å². The first kappa shape index (κ1) is 20.7. The molecule has 1 fully saturated rings. The fraction of sp³-hybridized carbons (Fsp3) is 0.346. The molecule has 5 rings (SSSR count). The minimum Gasteiger partial charge on any atom is -0.369 e. The lowest BCUT2D eigenvalue weighted by molar-refractivity contribution is 0.617. The molecular weight excluding hydrogens is 406 g/mol. The zero-order valence-corrected chi connectivity index (χ0v) is 19.2. The van der Waals surface area contributed by atoms with Gasteiger partial charge in [0.25, 0.3) is 0 Å². The molecule has 3 aromatic rings. The predicted octanol–water partition coefficient (Wildman–Crippen LogP) is 6.69. The van der Waals surface area contributed by atoms with Crippen LogP contribution in [0.2, 0.25) is 0 Å². The van der Waals surface area contributed by atoms with E-state index < -0.39 is 5.54 Å². The molecule has 1 aromatic heterocycles. The quantitative estimate of drug-likeness (QED) is 0.482. The van der Waals surface area contributed by atoms with Crippen LogP contribution in [0.1, 0.15) is 37.8 Å². The summed E-state index contributed by atoms with van der Waals surface area (Å²) in [6, 6.07) is 4.50. The van der Waals surface area contributed by atoms with Crippen molar-refractivity contribution in [3.05, 3.63) is 59.4 Å². The Morgan fingerprint density at radius 2 is 1.88 bits per heavy atom. The lowest BCUT2D eigenvalue weighted by Crippen LogP contribution is -2.54. The second-order valence-corrected chi connectivity index (χ2v) is 9.50. The topological polar surface area (TPSA) is 43.4 Å². The molecule has 2 aliphatic rings. The Bertz CT molecular complexity index is 1310. The number of aromatic amines is 1. The van der Waals surface area contributed by atoms with E-state index >= 15 is 4.39 Å². The number of halogens is 2. The second-order valence-electron chi connectivity index (χ2n) is 9.50. The van der Waals surface area contributed by atoms with Gasteiger partial charge in [-0.15, -0.1) is 0 Å². The van der Waals surface area contributed by atoms with Gasteiger partial charge >= 0.3 is 0 Å². The van der Waals surface area contributed by atoms with Gasteiger partial charge in [0, 0.05) is 29.9 Å². The lowest BCUT2D eigenvalue weighted by Gasteiger charge is -2.45. The third-order valence-corrected chi connectivity index (χ3v) is 6.74. The number of benzene rings is 2. The van der Waals surface area contributed by atoms with Crippen molar-refractivity contribution in [3.63, 3.8) is 0 Å². The minimum atomic E-state index is -0.572. The van der Waals surface area contributed by atoms with Crippen molar-refractivity contribution < 1.29 is 8.78 Å². The number of aromatic nitrogens is 1. The van der Waals surface area contributed by atoms with Crippen molar-refractivity contribution in [1.82, 2.24) is 4.98 Å². The number of nitrogens with zero attached hydrogens (tertiary/aromatic N) is 2. The second kappa shape index (κ2) is 6.92. The number of aliphatic imine (C=N–C) groups is 1. The highest BCUT2D eigenvalue weighted by Gasteiger charge is 2.43. The molecular formula is C26H28F2N4. The number of aryl methyl sites for hydroxylation is 1. The first-order valence-electron chi connectivity index (χ1n) is 11.0. The number of anilines is 2. The molecule has 1 aliphatic heterocycles. The van der Waals surface area contributed by atoms with Gasteiger partial charge < -0.3 is 10.3 Å². The van der Waals surface area contributed by atoms with E-state index in [0.29, 0.717) is 28.4 Å². The van der Waals surface area contributed by atoms with Crippen LogP contribution < -0.4 is 10.2 Å². The highest BCUT2D eigenvalue weighted by atomic mass is 19.1. The van der Waals surface area contributed by atoms with E-state index in [9.17, 15) is 4.39 Å². The summed E-state index contributed by atoms with van der Waals surface area (Å²) in [6.07, 6.45) is 4.00. The monoisotopic (exact) mass is 434 g/mol. The molecule has 0 radical (unpaired) electrons. The molecule has 2 N–H and O–H groups in total. The number of allylic oxidation sites excluding steroid dienone is 1. The number of hydrogen-bond acceptors (Lipinski definition) is 2. The van der Waals surface area contributed by atoms with Crippen molar-refractivity contribution in [2.45, 2.75) is 46.1 Å². The van der Waals surface area contributed by atoms with Crippen LogP contribution in [0.4, 0.5) is 20.2 Å². The summed E-state index contributed by atoms with van der Waals surface area (Å²) in [5.74, 6) is 0.438. The van der Waals surface area contributed by atoms with Gasteiger partial charge in [-0.05, 0) is 81.3 Å². The van der Waals surface area contributed by atoms with Gasteiger partial charge in [-0.3, -0.25) is 9.89 Å². The van der Waals surface area contributed by atoms with Crippen molar-refractivity contribution in [2.24, 2.45) is 10.9 Å². The number of fused-ring (bicyclic) bond motifs is 2. The molecule has 1 aliphatic carbocycles. The highest BCUT2D eigenvalue weighted by Crippen LogP contribution is 2.49. The standard InChI is InChI=1S/C26H28F2N4/c1-13-12-30-22-18(13)9-17(27)10-20(22)19-11-21(28)23-24(14(19)2)32(15(3)16-7-8-16)25(29-6)26(4,5)31-23/h9-12,16,30-31H,3,7-8H2,1-2,4-6H3. The Kier molecular flexibility index (Phi) is 4.49. The molecule has 0 bridgehead atoms. The molecule has 6 heteroatoms. The van der Waals surface area contributed by atoms with Gasteiger partial charge in [0.15, 0.2) is 0 Å². The van der Waals surface area contributed by atoms with Crippen molar-refractivity contribution in [2.75, 3.05) is 17.3 Å². The molecule has 166 valence electrons. The van der Waals surface area contributed by atoms with Crippen LogP contribution >= 0.6 is 0 Å². The summed E-state index contributed by atoms with van der Waals surface area (Å²) >= 11 is 0. The SMILES string of the molecule is C=C(C1CC1)N1C(=NC)C(C)(C)Nc2c(F)cc(-c3cc(F)cc4c(C)c[nH]c34)c(C)c21. The van der Waals surface area contributed by atoms with Crippen molar-refractivity contribution >= 4 is 28.1 Å². The average Bonchev–Trinajstić information content (AvgIpc) is 3.52. The molecule has 0 unspecified atom stereocenters. The number of rotatable bonds is 3. The molecule has 0 amide bonds. The van der Waals surface area contributed by atoms with E-state index in [2.05, 4.69) is 21.9 Å². The summed E-state index contributed by atoms with van der Waals surface area (Å²) in [7, 11) is 1.75. The van der Waals surface area contributed by atoms with E-state index in [1.54, 1.807) is 7.05 Å². The van der Waals surface area contributed by atoms with Gasteiger partial charge in [0.1, 0.15) is 17.5 Å². The Morgan fingerprint density at radius 1 is 1.16 bits per heavy atom. The summed E-state index contributed by atoms with van der Waals surface area (Å²) < 4.78 is 30.3. The van der Waals surface area contributed by atoms with E-state index in [1.807, 2.05) is 38.8 Å². The molecule has 2 aromatic carbocycles. The summed E-state index contributed by atoms with van der Waals surface area (Å²) in [5, 5.41) is 4.15. The third kappa shape index (κ3) is 2.96. The molecule has 0 atom stereocenters. The predicted molar refractivity (Wildman–Crippen MR) is 129 cm³/mol. The molecule has 0 saturated heterocycles. The van der Waals surface area contributed by atoms with Crippen LogP contribution in [0.5, 0.6) is 0 Å². The molecule has 2 heterocycles. The Hall–Kier alpha value is -3.15. The zero-order valence-electron chi connectivity index (χ0n) is 19.2. The summed E-state index contributed by atoms with van der Waals surface area (Å²) in [5.41, 5.74) is 5.39. The van der Waals surface area contributed by atoms with Crippen LogP contribution in [0.25, 0.3) is 22.0 Å². The van der Waals surface area contributed by atoms with Gasteiger partial charge in [0.05, 0.1) is 22.4 Å². The Balaban J connectivity index is 1.82. The first-order valence-corrected chi connectivity index (χ1v) is 11.0. The fourth-order valence-corrected chi connectivity index (χ4v) is 4.97. The first-order chi connectivity index (χ1) is 15.1. The van der Waals surface area contributed by atoms with Crippen molar-refractivity contribution in [3.8, 4) is 11.1 Å². The van der Waals surface area contributed by atoms with E-state index in [-0.39, 0.29) is 11.6 Å². The third-order valence-electron chi connectivity index (χ3n) is 6.74. The maximum Gasteiger partial charge on any atom is 0.149 e. The summed E-state index contributed by atoms with van der Waals surface area (Å²) in [6.45, 7) is 12.2. The van der Waals surface area contributed by atoms with Crippen LogP contribution in [-0.2, 0) is 0 Å². The smallest absolute Gasteiger partial charge is 0.149 e. The van der Waals surface area contributed by atoms with Gasteiger partial charge in [-0.2, -0.15) is 0 Å². The molecule has 4 nitrogen and oxygen atoms in total. The maximum atomic E-state index is 15.7. The molecule has 1 saturated carbocycles. The Morgan fingerprint density at radius 3 is 2.53 bits per heavy atom. The summed E-state index contributed by atoms with van der Waals surface area (Å²) in [4.78, 5) is 9.86. The molecule has 32 heavy (non-hydrogen) atoms. The van der Waals surface area contributed by atoms with E-state index in [0.717, 1.165) is 46.4 Å². The van der Waals surface area contributed by atoms with E-state index in [1.165, 1.54) is 18.2 Å². The zero-order chi connectivity index (χ0) is 22.9. The van der Waals surface area contributed by atoms with Gasteiger partial charge in [-0.25, -0.2) is 8.78 Å². The van der Waals surface area contributed by atoms with E-state index in [4.69, 9.17) is 0 Å². The number of nitrogens with one attached hydrogen (secondary N) is 2. The normalized spacial score (nSPS) is 18.7. The van der Waals surface area contributed by atoms with Gasteiger partial charge in [0.2, 0.25) is 0 Å². The molecule has 0 spiro atoms. The minimum absolute atomic E-state index is 0.345. The number of amidine groups is 1. The van der Waals surface area contributed by atoms with Crippen LogP contribution in [0.3, 0.4) is 0 Å². The lowest BCUT2D eigenvalue weighted by atomic mass is 9.90. The maximum absolute atomic E-state index is 15.7. The van der Waals surface area contributed by atoms with Gasteiger partial charge in [-0.1, -0.05) is 6.58 Å².